The topological polar surface area (TPSA) is 93.1 Å². The summed E-state index contributed by atoms with van der Waals surface area (Å²) in [4.78, 5) is 21.2. The number of hydrogen-bond donors (Lipinski definition) is 2. The smallest absolute Gasteiger partial charge is 0.333 e. The van der Waals surface area contributed by atoms with Gasteiger partial charge in [-0.3, -0.25) is 0 Å². The van der Waals surface area contributed by atoms with Gasteiger partial charge in [0.2, 0.25) is 0 Å². The Kier molecular flexibility index (Phi) is 14.2. The van der Waals surface area contributed by atoms with E-state index < -0.39 is 5.97 Å². The van der Waals surface area contributed by atoms with Crippen LogP contribution in [0.5, 0.6) is 0 Å². The Morgan fingerprint density at radius 3 is 1.65 bits per heavy atom. The van der Waals surface area contributed by atoms with Gasteiger partial charge in [0, 0.05) is 17.8 Å². The largest absolute Gasteiger partial charge is 0.462 e. The average Bonchev–Trinajstić information content (AvgIpc) is 2.41. The first-order chi connectivity index (χ1) is 9.36. The van der Waals surface area contributed by atoms with Gasteiger partial charge in [0.25, 0.3) is 0 Å². The van der Waals surface area contributed by atoms with Gasteiger partial charge in [-0.1, -0.05) is 13.2 Å². The summed E-state index contributed by atoms with van der Waals surface area (Å²) in [6, 6.07) is 0. The van der Waals surface area contributed by atoms with E-state index in [1.807, 2.05) is 0 Å². The predicted molar refractivity (Wildman–Crippen MR) is 75.0 cm³/mol. The molecule has 0 aromatic rings. The van der Waals surface area contributed by atoms with Crippen LogP contribution in [-0.2, 0) is 19.1 Å². The van der Waals surface area contributed by atoms with E-state index in [2.05, 4.69) is 17.9 Å². The highest BCUT2D eigenvalue weighted by molar-refractivity contribution is 5.87. The maximum absolute atomic E-state index is 10.7. The second-order valence-corrected chi connectivity index (χ2v) is 3.99. The molecule has 0 spiro atoms. The molecule has 0 radical (unpaired) electrons. The van der Waals surface area contributed by atoms with E-state index in [9.17, 15) is 9.59 Å². The zero-order chi connectivity index (χ0) is 16.0. The highest BCUT2D eigenvalue weighted by Gasteiger charge is 2.01. The predicted octanol–water partition coefficient (Wildman–Crippen LogP) is 0.976. The normalized spacial score (nSPS) is 9.00. The van der Waals surface area contributed by atoms with Crippen molar-refractivity contribution in [1.29, 1.82) is 0 Å². The molecule has 0 saturated heterocycles. The van der Waals surface area contributed by atoms with Crippen molar-refractivity contribution in [2.24, 2.45) is 0 Å². The molecule has 6 heteroatoms. The summed E-state index contributed by atoms with van der Waals surface area (Å²) in [7, 11) is 0. The van der Waals surface area contributed by atoms with Crippen LogP contribution in [0.1, 0.15) is 26.7 Å². The second kappa shape index (κ2) is 13.8. The van der Waals surface area contributed by atoms with Crippen molar-refractivity contribution in [2.45, 2.75) is 26.7 Å². The first-order valence-corrected chi connectivity index (χ1v) is 6.23. The third kappa shape index (κ3) is 14.4. The molecule has 0 unspecified atom stereocenters. The van der Waals surface area contributed by atoms with Crippen molar-refractivity contribution in [3.63, 3.8) is 0 Å². The first kappa shape index (κ1) is 20.7. The highest BCUT2D eigenvalue weighted by atomic mass is 16.5. The van der Waals surface area contributed by atoms with Gasteiger partial charge in [-0.05, 0) is 26.7 Å². The molecular weight excluding hydrogens is 264 g/mol. The molecule has 0 aromatic heterocycles. The first-order valence-electron chi connectivity index (χ1n) is 6.23. The molecule has 6 nitrogen and oxygen atoms in total. The van der Waals surface area contributed by atoms with E-state index in [1.165, 1.54) is 0 Å². The van der Waals surface area contributed by atoms with Crippen LogP contribution < -0.4 is 0 Å². The molecule has 0 aromatic carbocycles. The minimum atomic E-state index is -0.455. The van der Waals surface area contributed by atoms with Crippen LogP contribution >= 0.6 is 0 Å². The Morgan fingerprint density at radius 1 is 0.850 bits per heavy atom. The van der Waals surface area contributed by atoms with Gasteiger partial charge >= 0.3 is 11.9 Å². The fourth-order valence-electron chi connectivity index (χ4n) is 0.763. The summed E-state index contributed by atoms with van der Waals surface area (Å²) in [6.07, 6.45) is 1.37. The lowest BCUT2D eigenvalue weighted by atomic mass is 10.3. The van der Waals surface area contributed by atoms with Crippen LogP contribution in [0, 0.1) is 0 Å². The molecule has 0 saturated carbocycles. The summed E-state index contributed by atoms with van der Waals surface area (Å²) in [5.74, 6) is -0.813. The minimum Gasteiger partial charge on any atom is -0.462 e. The SMILES string of the molecule is C=C(C)C(=O)OCCCCO.C=C(C)C(=O)OCCO. The van der Waals surface area contributed by atoms with Gasteiger partial charge in [-0.2, -0.15) is 0 Å². The summed E-state index contributed by atoms with van der Waals surface area (Å²) < 4.78 is 9.22. The van der Waals surface area contributed by atoms with Crippen LogP contribution in [0.25, 0.3) is 0 Å². The third-order valence-corrected chi connectivity index (χ3v) is 1.81. The maximum atomic E-state index is 10.7. The van der Waals surface area contributed by atoms with Crippen LogP contribution in [0.4, 0.5) is 0 Å². The third-order valence-electron chi connectivity index (χ3n) is 1.81. The molecule has 0 amide bonds. The van der Waals surface area contributed by atoms with Crippen LogP contribution in [0.15, 0.2) is 24.3 Å². The van der Waals surface area contributed by atoms with E-state index >= 15 is 0 Å². The summed E-state index contributed by atoms with van der Waals surface area (Å²) in [5, 5.41) is 16.6. The zero-order valence-corrected chi connectivity index (χ0v) is 12.2. The monoisotopic (exact) mass is 288 g/mol. The van der Waals surface area contributed by atoms with Crippen molar-refractivity contribution in [3.05, 3.63) is 24.3 Å². The van der Waals surface area contributed by atoms with E-state index in [0.29, 0.717) is 30.6 Å². The number of aliphatic hydroxyl groups is 2. The summed E-state index contributed by atoms with van der Waals surface area (Å²) in [5.41, 5.74) is 0.762. The zero-order valence-electron chi connectivity index (χ0n) is 12.2. The van der Waals surface area contributed by atoms with Gasteiger partial charge in [-0.25, -0.2) is 9.59 Å². The Morgan fingerprint density at radius 2 is 1.30 bits per heavy atom. The van der Waals surface area contributed by atoms with Crippen molar-refractivity contribution in [2.75, 3.05) is 26.4 Å². The van der Waals surface area contributed by atoms with Gasteiger partial charge in [-0.15, -0.1) is 0 Å². The molecule has 0 rings (SSSR count). The summed E-state index contributed by atoms with van der Waals surface area (Å²) >= 11 is 0. The number of ether oxygens (including phenoxy) is 2. The standard InChI is InChI=1S/C8H14O3.C6H10O3/c1-7(2)8(10)11-6-4-3-5-9;1-5(2)6(8)9-4-3-7/h9H,1,3-6H2,2H3;7H,1,3-4H2,2H3. The molecule has 116 valence electrons. The van der Waals surface area contributed by atoms with E-state index in [0.717, 1.165) is 0 Å². The van der Waals surface area contributed by atoms with Gasteiger partial charge < -0.3 is 19.7 Å². The number of carbonyl (C=O) groups excluding carboxylic acids is 2. The second-order valence-electron chi connectivity index (χ2n) is 3.99. The van der Waals surface area contributed by atoms with E-state index in [-0.39, 0.29) is 25.8 Å². The average molecular weight is 288 g/mol. The quantitative estimate of drug-likeness (QED) is 0.393. The molecule has 0 aliphatic heterocycles. The highest BCUT2D eigenvalue weighted by Crippen LogP contribution is 1.94. The number of aliphatic hydroxyl groups excluding tert-OH is 2. The Balaban J connectivity index is 0. The van der Waals surface area contributed by atoms with Crippen molar-refractivity contribution >= 4 is 11.9 Å². The fourth-order valence-corrected chi connectivity index (χ4v) is 0.763. The number of unbranched alkanes of at least 4 members (excludes halogenated alkanes) is 1. The van der Waals surface area contributed by atoms with E-state index in [1.54, 1.807) is 13.8 Å². The summed E-state index contributed by atoms with van der Waals surface area (Å²) in [6.45, 7) is 10.4. The molecule has 20 heavy (non-hydrogen) atoms. The molecule has 0 heterocycles. The number of hydrogen-bond acceptors (Lipinski definition) is 6. The van der Waals surface area contributed by atoms with E-state index in [4.69, 9.17) is 14.9 Å². The lowest BCUT2D eigenvalue weighted by Crippen LogP contribution is -2.08. The molecule has 0 bridgehead atoms. The van der Waals surface area contributed by atoms with Crippen molar-refractivity contribution in [1.82, 2.24) is 0 Å². The Bertz CT molecular complexity index is 322. The maximum Gasteiger partial charge on any atom is 0.333 e. The van der Waals surface area contributed by atoms with Crippen LogP contribution in [-0.4, -0.2) is 48.6 Å². The number of carbonyl (C=O) groups is 2. The molecular formula is C14H24O6. The lowest BCUT2D eigenvalue weighted by Gasteiger charge is -2.01. The number of esters is 2. The van der Waals surface area contributed by atoms with Crippen molar-refractivity contribution < 1.29 is 29.3 Å². The van der Waals surface area contributed by atoms with Crippen molar-refractivity contribution in [3.8, 4) is 0 Å². The van der Waals surface area contributed by atoms with Gasteiger partial charge in [0.05, 0.1) is 13.2 Å². The lowest BCUT2D eigenvalue weighted by molar-refractivity contribution is -0.140. The molecule has 0 fully saturated rings. The Labute approximate surface area is 119 Å². The Hall–Kier alpha value is -1.66. The number of rotatable bonds is 8. The van der Waals surface area contributed by atoms with Gasteiger partial charge in [0.15, 0.2) is 0 Å². The molecule has 0 aliphatic carbocycles. The fraction of sp³-hybridized carbons (Fsp3) is 0.571. The molecule has 0 atom stereocenters. The van der Waals surface area contributed by atoms with Crippen LogP contribution in [0.3, 0.4) is 0 Å². The minimum absolute atomic E-state index is 0.0473. The van der Waals surface area contributed by atoms with Crippen LogP contribution in [0.2, 0.25) is 0 Å². The van der Waals surface area contributed by atoms with Gasteiger partial charge in [0.1, 0.15) is 6.61 Å². The molecule has 0 aliphatic rings. The molecule has 2 N–H and O–H groups in total.